The third-order valence-corrected chi connectivity index (χ3v) is 3.83. The van der Waals surface area contributed by atoms with Gasteiger partial charge in [-0.2, -0.15) is 0 Å². The Morgan fingerprint density at radius 1 is 1.09 bits per heavy atom. The van der Waals surface area contributed by atoms with E-state index in [0.717, 1.165) is 21.5 Å². The Kier molecular flexibility index (Phi) is 5.83. The first-order valence-electron chi connectivity index (χ1n) is 6.85. The Hall–Kier alpha value is -2.01. The Labute approximate surface area is 138 Å². The van der Waals surface area contributed by atoms with Crippen molar-refractivity contribution in [3.05, 3.63) is 58.6 Å². The number of carbonyl (C=O) groups is 1. The van der Waals surface area contributed by atoms with Crippen molar-refractivity contribution in [2.75, 3.05) is 19.5 Å². The highest BCUT2D eigenvalue weighted by Gasteiger charge is 2.16. The van der Waals surface area contributed by atoms with Gasteiger partial charge in [0.25, 0.3) is 0 Å². The minimum Gasteiger partial charge on any atom is -0.497 e. The lowest BCUT2D eigenvalue weighted by atomic mass is 10.0. The molecule has 0 amide bonds. The molecule has 0 saturated heterocycles. The average molecular weight is 364 g/mol. The molecule has 0 aromatic heterocycles. The monoisotopic (exact) mass is 363 g/mol. The summed E-state index contributed by atoms with van der Waals surface area (Å²) in [6, 6.07) is 15.3. The van der Waals surface area contributed by atoms with Gasteiger partial charge in [0.05, 0.1) is 26.7 Å². The Balaban J connectivity index is 2.19. The number of rotatable bonds is 6. The second-order valence-corrected chi connectivity index (χ2v) is 5.67. The predicted molar refractivity (Wildman–Crippen MR) is 90.1 cm³/mol. The van der Waals surface area contributed by atoms with Gasteiger partial charge in [-0.05, 0) is 42.0 Å². The average Bonchev–Trinajstić information content (AvgIpc) is 2.55. The number of carbonyl (C=O) groups excluding carboxylic acids is 1. The van der Waals surface area contributed by atoms with Gasteiger partial charge in [0.1, 0.15) is 5.75 Å². The van der Waals surface area contributed by atoms with E-state index < -0.39 is 0 Å². The van der Waals surface area contributed by atoms with Crippen molar-refractivity contribution in [1.29, 1.82) is 0 Å². The number of methoxy groups -OCH3 is 2. The molecule has 4 nitrogen and oxygen atoms in total. The van der Waals surface area contributed by atoms with Crippen LogP contribution in [0.4, 0.5) is 5.69 Å². The second-order valence-electron chi connectivity index (χ2n) is 4.76. The molecular weight excluding hydrogens is 346 g/mol. The fraction of sp³-hybridized carbons (Fsp3) is 0.235. The Morgan fingerprint density at radius 3 is 2.27 bits per heavy atom. The van der Waals surface area contributed by atoms with Crippen molar-refractivity contribution in [3.63, 3.8) is 0 Å². The van der Waals surface area contributed by atoms with E-state index in [4.69, 9.17) is 9.47 Å². The van der Waals surface area contributed by atoms with Crippen LogP contribution in [0.2, 0.25) is 0 Å². The maximum absolute atomic E-state index is 11.7. The highest BCUT2D eigenvalue weighted by Crippen LogP contribution is 2.25. The SMILES string of the molecule is COC(=O)C[C@@H](Nc1ccc(OC)cc1)c1ccc(Br)cc1. The summed E-state index contributed by atoms with van der Waals surface area (Å²) in [6.07, 6.45) is 0.254. The van der Waals surface area contributed by atoms with Crippen LogP contribution in [-0.2, 0) is 9.53 Å². The summed E-state index contributed by atoms with van der Waals surface area (Å²) < 4.78 is 10.9. The van der Waals surface area contributed by atoms with Gasteiger partial charge in [-0.15, -0.1) is 0 Å². The van der Waals surface area contributed by atoms with Crippen molar-refractivity contribution in [1.82, 2.24) is 0 Å². The maximum Gasteiger partial charge on any atom is 0.307 e. The van der Waals surface area contributed by atoms with Crippen LogP contribution in [0.5, 0.6) is 5.75 Å². The van der Waals surface area contributed by atoms with Gasteiger partial charge in [-0.1, -0.05) is 28.1 Å². The summed E-state index contributed by atoms with van der Waals surface area (Å²) in [7, 11) is 3.03. The summed E-state index contributed by atoms with van der Waals surface area (Å²) in [5.74, 6) is 0.535. The smallest absolute Gasteiger partial charge is 0.307 e. The number of hydrogen-bond donors (Lipinski definition) is 1. The van der Waals surface area contributed by atoms with Crippen LogP contribution < -0.4 is 10.1 Å². The summed E-state index contributed by atoms with van der Waals surface area (Å²) in [5, 5.41) is 3.36. The standard InChI is InChI=1S/C17H18BrNO3/c1-21-15-9-7-14(8-10-15)19-16(11-17(20)22-2)12-3-5-13(18)6-4-12/h3-10,16,19H,11H2,1-2H3/t16-/m1/s1. The third-order valence-electron chi connectivity index (χ3n) is 3.30. The van der Waals surface area contributed by atoms with Crippen LogP contribution >= 0.6 is 15.9 Å². The second kappa shape index (κ2) is 7.84. The summed E-state index contributed by atoms with van der Waals surface area (Å²) >= 11 is 3.42. The number of hydrogen-bond acceptors (Lipinski definition) is 4. The minimum atomic E-state index is -0.256. The number of anilines is 1. The fourth-order valence-corrected chi connectivity index (χ4v) is 2.35. The molecule has 0 fully saturated rings. The van der Waals surface area contributed by atoms with Gasteiger partial charge in [-0.25, -0.2) is 0 Å². The quantitative estimate of drug-likeness (QED) is 0.782. The van der Waals surface area contributed by atoms with E-state index in [1.54, 1.807) is 7.11 Å². The molecule has 0 spiro atoms. The molecule has 5 heteroatoms. The number of nitrogens with one attached hydrogen (secondary N) is 1. The van der Waals surface area contributed by atoms with Crippen molar-refractivity contribution in [3.8, 4) is 5.75 Å². The van der Waals surface area contributed by atoms with Crippen LogP contribution in [0.15, 0.2) is 53.0 Å². The summed E-state index contributed by atoms with van der Waals surface area (Å²) in [4.78, 5) is 11.7. The zero-order chi connectivity index (χ0) is 15.9. The normalized spacial score (nSPS) is 11.6. The molecule has 1 N–H and O–H groups in total. The number of halogens is 1. The molecule has 0 aliphatic carbocycles. The molecule has 2 aromatic rings. The van der Waals surface area contributed by atoms with Gasteiger partial charge < -0.3 is 14.8 Å². The van der Waals surface area contributed by atoms with Gasteiger partial charge >= 0.3 is 5.97 Å². The van der Waals surface area contributed by atoms with Crippen LogP contribution in [0, 0.1) is 0 Å². The fourth-order valence-electron chi connectivity index (χ4n) is 2.09. The van der Waals surface area contributed by atoms with Gasteiger partial charge in [0.2, 0.25) is 0 Å². The van der Waals surface area contributed by atoms with E-state index in [1.165, 1.54) is 7.11 Å². The molecule has 1 atom stereocenters. The molecular formula is C17H18BrNO3. The van der Waals surface area contributed by atoms with Crippen molar-refractivity contribution >= 4 is 27.6 Å². The van der Waals surface area contributed by atoms with E-state index >= 15 is 0 Å². The molecule has 116 valence electrons. The number of ether oxygens (including phenoxy) is 2. The van der Waals surface area contributed by atoms with Crippen LogP contribution in [-0.4, -0.2) is 20.2 Å². The molecule has 0 aliphatic rings. The predicted octanol–water partition coefficient (Wildman–Crippen LogP) is 4.17. The van der Waals surface area contributed by atoms with E-state index in [1.807, 2.05) is 48.5 Å². The highest BCUT2D eigenvalue weighted by molar-refractivity contribution is 9.10. The van der Waals surface area contributed by atoms with E-state index in [9.17, 15) is 4.79 Å². The van der Waals surface area contributed by atoms with Crippen LogP contribution in [0.1, 0.15) is 18.0 Å². The summed E-state index contributed by atoms with van der Waals surface area (Å²) in [5.41, 5.74) is 1.93. The van der Waals surface area contributed by atoms with Gasteiger partial charge in [0.15, 0.2) is 0 Å². The van der Waals surface area contributed by atoms with E-state index in [2.05, 4.69) is 21.2 Å². The molecule has 0 saturated carbocycles. The maximum atomic E-state index is 11.7. The minimum absolute atomic E-state index is 0.158. The third kappa shape index (κ3) is 4.49. The topological polar surface area (TPSA) is 47.6 Å². The molecule has 0 radical (unpaired) electrons. The zero-order valence-electron chi connectivity index (χ0n) is 12.5. The first-order chi connectivity index (χ1) is 10.6. The molecule has 22 heavy (non-hydrogen) atoms. The van der Waals surface area contributed by atoms with Crippen LogP contribution in [0.3, 0.4) is 0 Å². The molecule has 0 unspecified atom stereocenters. The lowest BCUT2D eigenvalue weighted by molar-refractivity contribution is -0.140. The van der Waals surface area contributed by atoms with Crippen molar-refractivity contribution in [2.45, 2.75) is 12.5 Å². The Morgan fingerprint density at radius 2 is 1.73 bits per heavy atom. The first kappa shape index (κ1) is 16.4. The number of benzene rings is 2. The summed E-state index contributed by atoms with van der Waals surface area (Å²) in [6.45, 7) is 0. The molecule has 0 aliphatic heterocycles. The molecule has 2 rings (SSSR count). The van der Waals surface area contributed by atoms with E-state index in [0.29, 0.717) is 0 Å². The molecule has 2 aromatic carbocycles. The lowest BCUT2D eigenvalue weighted by Gasteiger charge is -2.19. The van der Waals surface area contributed by atoms with E-state index in [-0.39, 0.29) is 18.4 Å². The lowest BCUT2D eigenvalue weighted by Crippen LogP contribution is -2.16. The molecule has 0 heterocycles. The van der Waals surface area contributed by atoms with Gasteiger partial charge in [-0.3, -0.25) is 4.79 Å². The van der Waals surface area contributed by atoms with Crippen molar-refractivity contribution < 1.29 is 14.3 Å². The zero-order valence-corrected chi connectivity index (χ0v) is 14.1. The molecule has 0 bridgehead atoms. The van der Waals surface area contributed by atoms with Crippen molar-refractivity contribution in [2.24, 2.45) is 0 Å². The number of esters is 1. The first-order valence-corrected chi connectivity index (χ1v) is 7.64. The Bertz CT molecular complexity index is 611. The highest BCUT2D eigenvalue weighted by atomic mass is 79.9. The van der Waals surface area contributed by atoms with Crippen LogP contribution in [0.25, 0.3) is 0 Å². The van der Waals surface area contributed by atoms with Gasteiger partial charge in [0, 0.05) is 10.2 Å². The largest absolute Gasteiger partial charge is 0.497 e.